The minimum absolute atomic E-state index is 0.0260. The third-order valence-corrected chi connectivity index (χ3v) is 5.22. The highest BCUT2D eigenvalue weighted by atomic mass is 16.3. The average molecular weight is 354 g/mol. The Kier molecular flexibility index (Phi) is 8.12. The molecule has 7 nitrogen and oxygen atoms in total. The van der Waals surface area contributed by atoms with Gasteiger partial charge in [0, 0.05) is 44.7 Å². The molecule has 0 radical (unpaired) electrons. The molecule has 2 rings (SSSR count). The molecule has 0 aromatic carbocycles. The number of nitrogens with one attached hydrogen (secondary N) is 3. The van der Waals surface area contributed by atoms with Gasteiger partial charge >= 0.3 is 0 Å². The summed E-state index contributed by atoms with van der Waals surface area (Å²) in [6.07, 6.45) is 3.94. The van der Waals surface area contributed by atoms with Crippen molar-refractivity contribution in [1.82, 2.24) is 20.9 Å². The van der Waals surface area contributed by atoms with Crippen LogP contribution in [0.3, 0.4) is 0 Å². The van der Waals surface area contributed by atoms with Gasteiger partial charge in [0.2, 0.25) is 5.91 Å². The van der Waals surface area contributed by atoms with Gasteiger partial charge in [0.15, 0.2) is 6.10 Å². The maximum absolute atomic E-state index is 12.3. The number of hydrogen-bond acceptors (Lipinski definition) is 5. The van der Waals surface area contributed by atoms with Crippen LogP contribution in [0.2, 0.25) is 0 Å². The van der Waals surface area contributed by atoms with E-state index in [0.29, 0.717) is 0 Å². The first-order chi connectivity index (χ1) is 12.0. The van der Waals surface area contributed by atoms with Crippen molar-refractivity contribution in [2.24, 2.45) is 5.92 Å². The maximum Gasteiger partial charge on any atom is 0.251 e. The molecule has 0 spiro atoms. The largest absolute Gasteiger partial charge is 0.381 e. The Balaban J connectivity index is 1.72. The van der Waals surface area contributed by atoms with Gasteiger partial charge in [-0.1, -0.05) is 19.3 Å². The van der Waals surface area contributed by atoms with Crippen molar-refractivity contribution in [3.05, 3.63) is 0 Å². The molecule has 1 heterocycles. The van der Waals surface area contributed by atoms with E-state index in [1.807, 2.05) is 6.92 Å². The standard InChI is InChI=1S/C18H34N4O3/c1-13(12-22-10-8-19-9-11-22)20-18(25)16(23)14(2)21-17(24)15-6-4-3-5-7-15/h13-16,19,23H,3-12H2,1-2H3,(H,20,25)(H,21,24)/t13?,14-,16-/m0/s1. The quantitative estimate of drug-likeness (QED) is 0.510. The van der Waals surface area contributed by atoms with E-state index in [0.717, 1.165) is 58.4 Å². The van der Waals surface area contributed by atoms with Crippen LogP contribution in [-0.2, 0) is 9.59 Å². The smallest absolute Gasteiger partial charge is 0.251 e. The molecule has 2 fully saturated rings. The fourth-order valence-electron chi connectivity index (χ4n) is 3.67. The second-order valence-electron chi connectivity index (χ2n) is 7.54. The SMILES string of the molecule is CC(CN1CCNCC1)NC(=O)[C@@H](O)[C@H](C)NC(=O)C1CCCCC1. The van der Waals surface area contributed by atoms with E-state index in [4.69, 9.17) is 0 Å². The second-order valence-corrected chi connectivity index (χ2v) is 7.54. The van der Waals surface area contributed by atoms with Gasteiger partial charge in [-0.15, -0.1) is 0 Å². The lowest BCUT2D eigenvalue weighted by Gasteiger charge is -2.30. The van der Waals surface area contributed by atoms with Gasteiger partial charge in [0.25, 0.3) is 5.91 Å². The normalized spacial score (nSPS) is 23.5. The van der Waals surface area contributed by atoms with E-state index in [1.54, 1.807) is 6.92 Å². The number of amides is 2. The lowest BCUT2D eigenvalue weighted by molar-refractivity contribution is -0.133. The number of rotatable bonds is 7. The summed E-state index contributed by atoms with van der Waals surface area (Å²) in [7, 11) is 0. The summed E-state index contributed by atoms with van der Waals surface area (Å²) in [6.45, 7) is 8.26. The first-order valence-corrected chi connectivity index (χ1v) is 9.69. The molecule has 0 bridgehead atoms. The number of aliphatic hydroxyl groups excluding tert-OH is 1. The van der Waals surface area contributed by atoms with Crippen LogP contribution in [0, 0.1) is 5.92 Å². The van der Waals surface area contributed by atoms with E-state index in [-0.39, 0.29) is 17.9 Å². The van der Waals surface area contributed by atoms with Gasteiger partial charge in [-0.3, -0.25) is 14.5 Å². The van der Waals surface area contributed by atoms with E-state index in [1.165, 1.54) is 6.42 Å². The first-order valence-electron chi connectivity index (χ1n) is 9.69. The molecule has 0 aromatic heterocycles. The van der Waals surface area contributed by atoms with Crippen LogP contribution in [0.15, 0.2) is 0 Å². The Morgan fingerprint density at radius 2 is 1.76 bits per heavy atom. The highest BCUT2D eigenvalue weighted by Gasteiger charge is 2.28. The van der Waals surface area contributed by atoms with Crippen LogP contribution >= 0.6 is 0 Å². The number of aliphatic hydroxyl groups is 1. The van der Waals surface area contributed by atoms with Gasteiger partial charge in [-0.05, 0) is 26.7 Å². The lowest BCUT2D eigenvalue weighted by Crippen LogP contribution is -2.54. The zero-order chi connectivity index (χ0) is 18.2. The van der Waals surface area contributed by atoms with Crippen LogP contribution < -0.4 is 16.0 Å². The summed E-state index contributed by atoms with van der Waals surface area (Å²) in [5, 5.41) is 19.2. The predicted octanol–water partition coefficient (Wildman–Crippen LogP) is -0.158. The highest BCUT2D eigenvalue weighted by Crippen LogP contribution is 2.23. The molecule has 1 saturated heterocycles. The molecule has 3 atom stereocenters. The molecule has 7 heteroatoms. The van der Waals surface area contributed by atoms with Crippen LogP contribution in [-0.4, -0.2) is 72.7 Å². The molecule has 0 aromatic rings. The van der Waals surface area contributed by atoms with Gasteiger partial charge in [0.05, 0.1) is 6.04 Å². The number of carbonyl (C=O) groups is 2. The van der Waals surface area contributed by atoms with E-state index >= 15 is 0 Å². The summed E-state index contributed by atoms with van der Waals surface area (Å²) in [5.74, 6) is -0.426. The van der Waals surface area contributed by atoms with E-state index in [2.05, 4.69) is 20.9 Å². The molecular weight excluding hydrogens is 320 g/mol. The van der Waals surface area contributed by atoms with Crippen molar-refractivity contribution in [2.45, 2.75) is 64.1 Å². The van der Waals surface area contributed by atoms with E-state index in [9.17, 15) is 14.7 Å². The minimum Gasteiger partial charge on any atom is -0.381 e. The Labute approximate surface area is 150 Å². The van der Waals surface area contributed by atoms with Crippen molar-refractivity contribution in [2.75, 3.05) is 32.7 Å². The molecule has 1 unspecified atom stereocenters. The van der Waals surface area contributed by atoms with Gasteiger partial charge in [-0.2, -0.15) is 0 Å². The minimum atomic E-state index is -1.22. The molecule has 1 aliphatic heterocycles. The molecule has 4 N–H and O–H groups in total. The van der Waals surface area contributed by atoms with Crippen molar-refractivity contribution in [3.63, 3.8) is 0 Å². The van der Waals surface area contributed by atoms with Crippen molar-refractivity contribution in [1.29, 1.82) is 0 Å². The Morgan fingerprint density at radius 3 is 2.40 bits per heavy atom. The summed E-state index contributed by atoms with van der Waals surface area (Å²) < 4.78 is 0. The van der Waals surface area contributed by atoms with Crippen molar-refractivity contribution in [3.8, 4) is 0 Å². The van der Waals surface area contributed by atoms with Gasteiger partial charge in [-0.25, -0.2) is 0 Å². The summed E-state index contributed by atoms with van der Waals surface area (Å²) >= 11 is 0. The monoisotopic (exact) mass is 354 g/mol. The Bertz CT molecular complexity index is 434. The predicted molar refractivity (Wildman–Crippen MR) is 97.1 cm³/mol. The van der Waals surface area contributed by atoms with E-state index < -0.39 is 18.1 Å². The molecule has 2 aliphatic rings. The van der Waals surface area contributed by atoms with Crippen LogP contribution in [0.4, 0.5) is 0 Å². The average Bonchev–Trinajstić information content (AvgIpc) is 2.62. The molecule has 25 heavy (non-hydrogen) atoms. The first kappa shape index (κ1) is 20.1. The second kappa shape index (κ2) is 10.1. The Hall–Kier alpha value is -1.18. The topological polar surface area (TPSA) is 93.7 Å². The van der Waals surface area contributed by atoms with Crippen molar-refractivity contribution < 1.29 is 14.7 Å². The third kappa shape index (κ3) is 6.56. The van der Waals surface area contributed by atoms with Crippen LogP contribution in [0.5, 0.6) is 0 Å². The maximum atomic E-state index is 12.3. The fourth-order valence-corrected chi connectivity index (χ4v) is 3.67. The Morgan fingerprint density at radius 1 is 1.12 bits per heavy atom. The third-order valence-electron chi connectivity index (χ3n) is 5.22. The number of carbonyl (C=O) groups excluding carboxylic acids is 2. The van der Waals surface area contributed by atoms with Crippen LogP contribution in [0.25, 0.3) is 0 Å². The number of nitrogens with zero attached hydrogens (tertiary/aromatic N) is 1. The molecule has 144 valence electrons. The van der Waals surface area contributed by atoms with Crippen molar-refractivity contribution >= 4 is 11.8 Å². The highest BCUT2D eigenvalue weighted by molar-refractivity contribution is 5.84. The zero-order valence-corrected chi connectivity index (χ0v) is 15.6. The van der Waals surface area contributed by atoms with Gasteiger partial charge in [0.1, 0.15) is 0 Å². The summed E-state index contributed by atoms with van der Waals surface area (Å²) in [5.41, 5.74) is 0. The molecule has 1 saturated carbocycles. The number of hydrogen-bond donors (Lipinski definition) is 4. The fraction of sp³-hybridized carbons (Fsp3) is 0.889. The molecular formula is C18H34N4O3. The van der Waals surface area contributed by atoms with Crippen LogP contribution in [0.1, 0.15) is 46.0 Å². The molecule has 2 amide bonds. The van der Waals surface area contributed by atoms with Gasteiger partial charge < -0.3 is 21.1 Å². The summed E-state index contributed by atoms with van der Waals surface area (Å²) in [6, 6.07) is -0.623. The summed E-state index contributed by atoms with van der Waals surface area (Å²) in [4.78, 5) is 26.8. The zero-order valence-electron chi connectivity index (χ0n) is 15.6. The lowest BCUT2D eigenvalue weighted by atomic mass is 9.88. The molecule has 1 aliphatic carbocycles. The number of piperazine rings is 1.